The minimum absolute atomic E-state index is 0.165. The fourth-order valence-electron chi connectivity index (χ4n) is 2.92. The summed E-state index contributed by atoms with van der Waals surface area (Å²) in [7, 11) is -3.54. The number of benzene rings is 2. The van der Waals surface area contributed by atoms with Crippen LogP contribution in [0.25, 0.3) is 0 Å². The molecule has 0 aromatic heterocycles. The summed E-state index contributed by atoms with van der Waals surface area (Å²) < 4.78 is 34.4. The molecule has 0 radical (unpaired) electrons. The van der Waals surface area contributed by atoms with Crippen molar-refractivity contribution in [2.24, 2.45) is 0 Å². The smallest absolute Gasteiger partial charge is 0.262 e. The molecule has 2 aromatic carbocycles. The summed E-state index contributed by atoms with van der Waals surface area (Å²) in [6, 6.07) is 9.94. The number of anilines is 1. The Balaban J connectivity index is 2.02. The van der Waals surface area contributed by atoms with Gasteiger partial charge in [0.05, 0.1) is 9.37 Å². The highest BCUT2D eigenvalue weighted by Crippen LogP contribution is 2.32. The van der Waals surface area contributed by atoms with Crippen LogP contribution in [0.15, 0.2) is 50.2 Å². The Hall–Kier alpha value is -1.42. The van der Waals surface area contributed by atoms with Gasteiger partial charge in [0.2, 0.25) is 10.0 Å². The third-order valence-electron chi connectivity index (χ3n) is 4.26. The quantitative estimate of drug-likeness (QED) is 0.424. The predicted octanol–water partition coefficient (Wildman–Crippen LogP) is 5.35. The zero-order valence-corrected chi connectivity index (χ0v) is 21.2. The summed E-state index contributed by atoms with van der Waals surface area (Å²) >= 11 is 6.83. The van der Waals surface area contributed by atoms with Gasteiger partial charge in [-0.15, -0.1) is 0 Å². The van der Waals surface area contributed by atoms with Crippen LogP contribution in [0.1, 0.15) is 32.3 Å². The molecule has 6 nitrogen and oxygen atoms in total. The number of nitrogens with zero attached hydrogens (tertiary/aromatic N) is 1. The Bertz CT molecular complexity index is 950. The Morgan fingerprint density at radius 1 is 1.07 bits per heavy atom. The van der Waals surface area contributed by atoms with Crippen molar-refractivity contribution < 1.29 is 17.9 Å². The second-order valence-corrected chi connectivity index (χ2v) is 10.5. The molecule has 1 amide bonds. The summed E-state index contributed by atoms with van der Waals surface area (Å²) in [5.74, 6) is 0.264. The molecule has 0 bridgehead atoms. The summed E-state index contributed by atoms with van der Waals surface area (Å²) in [6.07, 6.45) is 1.50. The topological polar surface area (TPSA) is 75.7 Å². The SMILES string of the molecule is CCCN(CCC)S(=O)(=O)c1ccc(NC(=O)COc2c(C)cc(Br)cc2Br)cc1. The van der Waals surface area contributed by atoms with E-state index >= 15 is 0 Å². The average Bonchev–Trinajstić information content (AvgIpc) is 2.67. The molecule has 9 heteroatoms. The normalized spacial score (nSPS) is 11.5. The van der Waals surface area contributed by atoms with Gasteiger partial charge in [0, 0.05) is 23.2 Å². The van der Waals surface area contributed by atoms with Gasteiger partial charge in [-0.1, -0.05) is 29.8 Å². The molecule has 0 aliphatic carbocycles. The van der Waals surface area contributed by atoms with Gasteiger partial charge < -0.3 is 10.1 Å². The van der Waals surface area contributed by atoms with Crippen molar-refractivity contribution in [3.63, 3.8) is 0 Å². The van der Waals surface area contributed by atoms with Crippen molar-refractivity contribution >= 4 is 53.5 Å². The first kappa shape index (κ1) is 24.8. The minimum Gasteiger partial charge on any atom is -0.482 e. The van der Waals surface area contributed by atoms with Crippen LogP contribution in [0.5, 0.6) is 5.75 Å². The van der Waals surface area contributed by atoms with Crippen LogP contribution in [0, 0.1) is 6.92 Å². The van der Waals surface area contributed by atoms with Crippen molar-refractivity contribution in [1.82, 2.24) is 4.31 Å². The zero-order chi connectivity index (χ0) is 22.3. The van der Waals surface area contributed by atoms with E-state index in [1.165, 1.54) is 16.4 Å². The number of carbonyl (C=O) groups is 1. The zero-order valence-electron chi connectivity index (χ0n) is 17.2. The number of hydrogen-bond donors (Lipinski definition) is 1. The molecular formula is C21H26Br2N2O4S. The van der Waals surface area contributed by atoms with Crippen molar-refractivity contribution in [3.8, 4) is 5.75 Å². The monoisotopic (exact) mass is 560 g/mol. The standard InChI is InChI=1S/C21H26Br2N2O4S/c1-4-10-25(11-5-2)30(27,28)18-8-6-17(7-9-18)24-20(26)14-29-21-15(3)12-16(22)13-19(21)23/h6-9,12-13H,4-5,10-11,14H2,1-3H3,(H,24,26). The number of amides is 1. The third-order valence-corrected chi connectivity index (χ3v) is 7.22. The van der Waals surface area contributed by atoms with Crippen LogP contribution in [0.2, 0.25) is 0 Å². The fraction of sp³-hybridized carbons (Fsp3) is 0.381. The molecule has 0 aliphatic rings. The number of hydrogen-bond acceptors (Lipinski definition) is 4. The van der Waals surface area contributed by atoms with E-state index in [-0.39, 0.29) is 17.4 Å². The Morgan fingerprint density at radius 3 is 2.20 bits per heavy atom. The number of carbonyl (C=O) groups excluding carboxylic acids is 1. The van der Waals surface area contributed by atoms with Crippen molar-refractivity contribution in [1.29, 1.82) is 0 Å². The molecule has 0 saturated carbocycles. The Kier molecular flexibility index (Phi) is 9.33. The van der Waals surface area contributed by atoms with Crippen molar-refractivity contribution in [2.75, 3.05) is 25.0 Å². The van der Waals surface area contributed by atoms with Gasteiger partial charge in [-0.3, -0.25) is 4.79 Å². The molecule has 30 heavy (non-hydrogen) atoms. The molecule has 164 valence electrons. The van der Waals surface area contributed by atoms with Gasteiger partial charge in [0.1, 0.15) is 5.75 Å². The van der Waals surface area contributed by atoms with E-state index in [0.717, 1.165) is 27.4 Å². The lowest BCUT2D eigenvalue weighted by Crippen LogP contribution is -2.32. The lowest BCUT2D eigenvalue weighted by Gasteiger charge is -2.21. The van der Waals surface area contributed by atoms with Gasteiger partial charge in [0.15, 0.2) is 6.61 Å². The van der Waals surface area contributed by atoms with Gasteiger partial charge >= 0.3 is 0 Å². The van der Waals surface area contributed by atoms with Gasteiger partial charge in [-0.25, -0.2) is 8.42 Å². The summed E-state index contributed by atoms with van der Waals surface area (Å²) in [5.41, 5.74) is 1.40. The molecule has 0 spiro atoms. The van der Waals surface area contributed by atoms with Gasteiger partial charge in [0.25, 0.3) is 5.91 Å². The lowest BCUT2D eigenvalue weighted by molar-refractivity contribution is -0.118. The number of aryl methyl sites for hydroxylation is 1. The van der Waals surface area contributed by atoms with Crippen LogP contribution in [0.3, 0.4) is 0 Å². The van der Waals surface area contributed by atoms with Crippen LogP contribution in [-0.4, -0.2) is 38.3 Å². The number of rotatable bonds is 10. The fourth-order valence-corrected chi connectivity index (χ4v) is 6.09. The molecule has 2 rings (SSSR count). The first-order chi connectivity index (χ1) is 14.2. The predicted molar refractivity (Wildman–Crippen MR) is 126 cm³/mol. The van der Waals surface area contributed by atoms with Gasteiger partial charge in [-0.05, 0) is 77.7 Å². The molecule has 0 aliphatic heterocycles. The number of ether oxygens (including phenoxy) is 1. The highest BCUT2D eigenvalue weighted by atomic mass is 79.9. The molecule has 0 atom stereocenters. The maximum Gasteiger partial charge on any atom is 0.262 e. The number of nitrogens with one attached hydrogen (secondary N) is 1. The van der Waals surface area contributed by atoms with Crippen LogP contribution < -0.4 is 10.1 Å². The van der Waals surface area contributed by atoms with Crippen LogP contribution >= 0.6 is 31.9 Å². The molecule has 1 N–H and O–H groups in total. The van der Waals surface area contributed by atoms with Crippen molar-refractivity contribution in [2.45, 2.75) is 38.5 Å². The Morgan fingerprint density at radius 2 is 1.67 bits per heavy atom. The molecule has 0 saturated heterocycles. The van der Waals surface area contributed by atoms with Crippen LogP contribution in [-0.2, 0) is 14.8 Å². The first-order valence-electron chi connectivity index (χ1n) is 9.67. The van der Waals surface area contributed by atoms with Crippen molar-refractivity contribution in [3.05, 3.63) is 50.9 Å². The Labute approximate surface area is 195 Å². The van der Waals surface area contributed by atoms with E-state index in [4.69, 9.17) is 4.74 Å². The number of halogens is 2. The number of sulfonamides is 1. The average molecular weight is 562 g/mol. The molecule has 0 unspecified atom stereocenters. The van der Waals surface area contributed by atoms with E-state index in [1.807, 2.05) is 32.9 Å². The van der Waals surface area contributed by atoms with E-state index < -0.39 is 10.0 Å². The second kappa shape index (κ2) is 11.3. The summed E-state index contributed by atoms with van der Waals surface area (Å²) in [4.78, 5) is 12.5. The first-order valence-corrected chi connectivity index (χ1v) is 12.7. The maximum absolute atomic E-state index is 12.8. The van der Waals surface area contributed by atoms with E-state index in [9.17, 15) is 13.2 Å². The van der Waals surface area contributed by atoms with Gasteiger partial charge in [-0.2, -0.15) is 4.31 Å². The third kappa shape index (κ3) is 6.54. The molecular weight excluding hydrogens is 536 g/mol. The molecule has 0 fully saturated rings. The minimum atomic E-state index is -3.54. The van der Waals surface area contributed by atoms with E-state index in [2.05, 4.69) is 37.2 Å². The molecule has 0 heterocycles. The van der Waals surface area contributed by atoms with E-state index in [1.54, 1.807) is 12.1 Å². The van der Waals surface area contributed by atoms with Crippen LogP contribution in [0.4, 0.5) is 5.69 Å². The summed E-state index contributed by atoms with van der Waals surface area (Å²) in [6.45, 7) is 6.60. The second-order valence-electron chi connectivity index (χ2n) is 6.80. The highest BCUT2D eigenvalue weighted by molar-refractivity contribution is 9.11. The lowest BCUT2D eigenvalue weighted by atomic mass is 10.2. The van der Waals surface area contributed by atoms with E-state index in [0.29, 0.717) is 24.5 Å². The maximum atomic E-state index is 12.8. The summed E-state index contributed by atoms with van der Waals surface area (Å²) in [5, 5.41) is 2.72. The molecule has 2 aromatic rings. The largest absolute Gasteiger partial charge is 0.482 e. The highest BCUT2D eigenvalue weighted by Gasteiger charge is 2.22.